The largest absolute Gasteiger partial charge is 0.480 e. The summed E-state index contributed by atoms with van der Waals surface area (Å²) < 4.78 is 5.88. The van der Waals surface area contributed by atoms with E-state index in [1.54, 1.807) is 30.3 Å². The standard InChI is InChI=1S/C16H13BrClN3O3/c1-9-10(18)3-2-4-11(9)19-14(22)7-21-15(23)8-24-12-5-6-13(17)20-16(12)21/h2-6H,7-8H2,1H3,(H,19,22). The first-order valence-electron chi connectivity index (χ1n) is 7.10. The first-order chi connectivity index (χ1) is 11.5. The molecule has 0 fully saturated rings. The summed E-state index contributed by atoms with van der Waals surface area (Å²) in [5.74, 6) is 0.109. The van der Waals surface area contributed by atoms with E-state index in [4.69, 9.17) is 16.3 Å². The van der Waals surface area contributed by atoms with E-state index >= 15 is 0 Å². The Balaban J connectivity index is 1.80. The van der Waals surface area contributed by atoms with E-state index < -0.39 is 0 Å². The van der Waals surface area contributed by atoms with Crippen LogP contribution < -0.4 is 15.0 Å². The minimum atomic E-state index is -0.344. The lowest BCUT2D eigenvalue weighted by atomic mass is 10.2. The molecule has 24 heavy (non-hydrogen) atoms. The van der Waals surface area contributed by atoms with Crippen molar-refractivity contribution >= 4 is 50.9 Å². The lowest BCUT2D eigenvalue weighted by molar-refractivity contribution is -0.123. The van der Waals surface area contributed by atoms with Crippen molar-refractivity contribution in [2.24, 2.45) is 0 Å². The van der Waals surface area contributed by atoms with Gasteiger partial charge in [-0.15, -0.1) is 0 Å². The predicted molar refractivity (Wildman–Crippen MR) is 94.6 cm³/mol. The highest BCUT2D eigenvalue weighted by Crippen LogP contribution is 2.31. The molecule has 1 aromatic carbocycles. The van der Waals surface area contributed by atoms with E-state index in [9.17, 15) is 9.59 Å². The molecule has 3 rings (SSSR count). The second-order valence-electron chi connectivity index (χ2n) is 5.18. The number of fused-ring (bicyclic) bond motifs is 1. The predicted octanol–water partition coefficient (Wildman–Crippen LogP) is 3.17. The summed E-state index contributed by atoms with van der Waals surface area (Å²) in [6, 6.07) is 8.66. The smallest absolute Gasteiger partial charge is 0.266 e. The Bertz CT molecular complexity index is 828. The second-order valence-corrected chi connectivity index (χ2v) is 6.40. The molecule has 1 aliphatic heterocycles. The highest BCUT2D eigenvalue weighted by atomic mass is 79.9. The van der Waals surface area contributed by atoms with E-state index in [2.05, 4.69) is 26.2 Å². The van der Waals surface area contributed by atoms with Crippen LogP contribution in [0.3, 0.4) is 0 Å². The summed E-state index contributed by atoms with van der Waals surface area (Å²) in [6.07, 6.45) is 0. The quantitative estimate of drug-likeness (QED) is 0.789. The summed E-state index contributed by atoms with van der Waals surface area (Å²) in [4.78, 5) is 30.0. The van der Waals surface area contributed by atoms with Gasteiger partial charge < -0.3 is 10.1 Å². The van der Waals surface area contributed by atoms with Crippen LogP contribution in [0.25, 0.3) is 0 Å². The van der Waals surface area contributed by atoms with Crippen LogP contribution >= 0.6 is 27.5 Å². The van der Waals surface area contributed by atoms with Crippen molar-refractivity contribution in [2.45, 2.75) is 6.92 Å². The zero-order chi connectivity index (χ0) is 17.3. The highest BCUT2D eigenvalue weighted by Gasteiger charge is 2.29. The molecule has 1 aliphatic rings. The average molecular weight is 411 g/mol. The van der Waals surface area contributed by atoms with Gasteiger partial charge in [-0.25, -0.2) is 4.98 Å². The Morgan fingerprint density at radius 2 is 2.21 bits per heavy atom. The van der Waals surface area contributed by atoms with Crippen molar-refractivity contribution in [2.75, 3.05) is 23.4 Å². The van der Waals surface area contributed by atoms with Gasteiger partial charge in [0.1, 0.15) is 11.1 Å². The number of ether oxygens (including phenoxy) is 1. The topological polar surface area (TPSA) is 71.5 Å². The molecule has 0 saturated heterocycles. The molecule has 2 amide bonds. The van der Waals surface area contributed by atoms with Crippen molar-refractivity contribution in [1.82, 2.24) is 4.98 Å². The van der Waals surface area contributed by atoms with Gasteiger partial charge >= 0.3 is 0 Å². The Kier molecular flexibility index (Phi) is 4.73. The Hall–Kier alpha value is -2.12. The normalized spacial score (nSPS) is 13.3. The number of pyridine rings is 1. The first-order valence-corrected chi connectivity index (χ1v) is 8.27. The molecule has 0 saturated carbocycles. The van der Waals surface area contributed by atoms with Crippen LogP contribution in [0.15, 0.2) is 34.9 Å². The van der Waals surface area contributed by atoms with Crippen LogP contribution in [0.5, 0.6) is 5.75 Å². The van der Waals surface area contributed by atoms with Gasteiger partial charge in [0.15, 0.2) is 18.2 Å². The van der Waals surface area contributed by atoms with E-state index in [-0.39, 0.29) is 25.0 Å². The number of anilines is 2. The maximum atomic E-state index is 12.4. The Morgan fingerprint density at radius 1 is 1.42 bits per heavy atom. The summed E-state index contributed by atoms with van der Waals surface area (Å²) in [6.45, 7) is 1.52. The molecule has 0 aliphatic carbocycles. The molecule has 0 spiro atoms. The number of benzene rings is 1. The molecule has 2 heterocycles. The molecule has 2 aromatic rings. The molecule has 1 aromatic heterocycles. The van der Waals surface area contributed by atoms with Gasteiger partial charge in [0, 0.05) is 10.7 Å². The van der Waals surface area contributed by atoms with Gasteiger partial charge in [-0.2, -0.15) is 0 Å². The van der Waals surface area contributed by atoms with Crippen LogP contribution in [0.1, 0.15) is 5.56 Å². The molecule has 0 unspecified atom stereocenters. The molecular weight excluding hydrogens is 398 g/mol. The molecule has 6 nitrogen and oxygen atoms in total. The van der Waals surface area contributed by atoms with Gasteiger partial charge in [-0.3, -0.25) is 14.5 Å². The average Bonchev–Trinajstić information content (AvgIpc) is 2.55. The number of hydrogen-bond acceptors (Lipinski definition) is 4. The number of halogens is 2. The third kappa shape index (κ3) is 3.37. The summed E-state index contributed by atoms with van der Waals surface area (Å²) in [5, 5.41) is 3.33. The molecule has 0 radical (unpaired) electrons. The fourth-order valence-corrected chi connectivity index (χ4v) is 2.77. The van der Waals surface area contributed by atoms with Gasteiger partial charge in [0.25, 0.3) is 5.91 Å². The molecule has 1 N–H and O–H groups in total. The van der Waals surface area contributed by atoms with E-state index in [1.807, 2.05) is 6.92 Å². The van der Waals surface area contributed by atoms with E-state index in [0.29, 0.717) is 26.9 Å². The van der Waals surface area contributed by atoms with Crippen LogP contribution in [-0.4, -0.2) is 29.9 Å². The van der Waals surface area contributed by atoms with Crippen molar-refractivity contribution in [1.29, 1.82) is 0 Å². The van der Waals surface area contributed by atoms with Crippen LogP contribution in [0.2, 0.25) is 5.02 Å². The number of carbonyl (C=O) groups excluding carboxylic acids is 2. The minimum Gasteiger partial charge on any atom is -0.480 e. The first kappa shape index (κ1) is 16.7. The van der Waals surface area contributed by atoms with Crippen LogP contribution in [-0.2, 0) is 9.59 Å². The van der Waals surface area contributed by atoms with Gasteiger partial charge in [-0.1, -0.05) is 17.7 Å². The van der Waals surface area contributed by atoms with Gasteiger partial charge in [0.2, 0.25) is 5.91 Å². The number of hydrogen-bond donors (Lipinski definition) is 1. The van der Waals surface area contributed by atoms with Crippen molar-refractivity contribution in [3.8, 4) is 5.75 Å². The zero-order valence-electron chi connectivity index (χ0n) is 12.7. The maximum Gasteiger partial charge on any atom is 0.266 e. The number of rotatable bonds is 3. The fraction of sp³-hybridized carbons (Fsp3) is 0.188. The van der Waals surface area contributed by atoms with Crippen molar-refractivity contribution in [3.05, 3.63) is 45.5 Å². The van der Waals surface area contributed by atoms with Crippen LogP contribution in [0, 0.1) is 6.92 Å². The lowest BCUT2D eigenvalue weighted by Crippen LogP contribution is -2.44. The third-order valence-electron chi connectivity index (χ3n) is 3.56. The Morgan fingerprint density at radius 3 is 3.00 bits per heavy atom. The van der Waals surface area contributed by atoms with Gasteiger partial charge in [-0.05, 0) is 52.7 Å². The number of amides is 2. The highest BCUT2D eigenvalue weighted by molar-refractivity contribution is 9.10. The van der Waals surface area contributed by atoms with E-state index in [0.717, 1.165) is 5.56 Å². The summed E-state index contributed by atoms with van der Waals surface area (Å²) in [7, 11) is 0. The molecule has 0 atom stereocenters. The molecule has 124 valence electrons. The minimum absolute atomic E-state index is 0.125. The van der Waals surface area contributed by atoms with Gasteiger partial charge in [0.05, 0.1) is 0 Å². The zero-order valence-corrected chi connectivity index (χ0v) is 15.0. The third-order valence-corrected chi connectivity index (χ3v) is 4.41. The summed E-state index contributed by atoms with van der Waals surface area (Å²) >= 11 is 9.30. The number of aromatic nitrogens is 1. The van der Waals surface area contributed by atoms with Crippen molar-refractivity contribution < 1.29 is 14.3 Å². The SMILES string of the molecule is Cc1c(Cl)cccc1NC(=O)CN1C(=O)COc2ccc(Br)nc21. The van der Waals surface area contributed by atoms with Crippen LogP contribution in [0.4, 0.5) is 11.5 Å². The number of carbonyl (C=O) groups is 2. The summed E-state index contributed by atoms with van der Waals surface area (Å²) in [5.41, 5.74) is 1.37. The lowest BCUT2D eigenvalue weighted by Gasteiger charge is -2.27. The number of nitrogens with zero attached hydrogens (tertiary/aromatic N) is 2. The molecule has 8 heteroatoms. The molecule has 0 bridgehead atoms. The second kappa shape index (κ2) is 6.78. The van der Waals surface area contributed by atoms with Crippen molar-refractivity contribution in [3.63, 3.8) is 0 Å². The fourth-order valence-electron chi connectivity index (χ4n) is 2.29. The van der Waals surface area contributed by atoms with E-state index in [1.165, 1.54) is 4.90 Å². The monoisotopic (exact) mass is 409 g/mol. The Labute approximate surface area is 151 Å². The maximum absolute atomic E-state index is 12.4. The molecular formula is C16H13BrClN3O3. The number of nitrogens with one attached hydrogen (secondary N) is 1.